The molecule has 0 saturated carbocycles. The molecule has 2 aromatic heterocycles. The smallest absolute Gasteiger partial charge is 0.289 e. The molecule has 3 aromatic carbocycles. The van der Waals surface area contributed by atoms with Gasteiger partial charge < -0.3 is 39.3 Å². The average Bonchev–Trinajstić information content (AvgIpc) is 3.70. The van der Waals surface area contributed by atoms with Gasteiger partial charge in [-0.2, -0.15) is 0 Å². The van der Waals surface area contributed by atoms with Crippen LogP contribution in [0.25, 0.3) is 21.9 Å². The quantitative estimate of drug-likeness (QED) is 0.143. The number of hydrogen-bond acceptors (Lipinski definition) is 7. The van der Waals surface area contributed by atoms with Crippen LogP contribution in [0.1, 0.15) is 22.7 Å². The van der Waals surface area contributed by atoms with E-state index in [0.29, 0.717) is 34.5 Å². The first kappa shape index (κ1) is 31.6. The highest BCUT2D eigenvalue weighted by Gasteiger charge is 2.41. The maximum absolute atomic E-state index is 14.4. The molecule has 0 fully saturated rings. The minimum absolute atomic E-state index is 0.0617. The number of fused-ring (bicyclic) bond motifs is 2. The van der Waals surface area contributed by atoms with E-state index in [-0.39, 0.29) is 31.9 Å². The van der Waals surface area contributed by atoms with Crippen LogP contribution in [-0.4, -0.2) is 77.0 Å². The zero-order chi connectivity index (χ0) is 32.2. The van der Waals surface area contributed by atoms with Gasteiger partial charge in [0.1, 0.15) is 18.0 Å². The van der Waals surface area contributed by atoms with Crippen LogP contribution in [0.5, 0.6) is 11.5 Å². The summed E-state index contributed by atoms with van der Waals surface area (Å²) < 4.78 is 18.6. The number of nitrogens with one attached hydrogen (secondary N) is 2. The Labute approximate surface area is 279 Å². The molecule has 0 aliphatic heterocycles. The molecule has 0 spiro atoms. The van der Waals surface area contributed by atoms with Crippen molar-refractivity contribution in [2.24, 2.45) is 0 Å². The number of aliphatic hydroxyl groups is 2. The van der Waals surface area contributed by atoms with Crippen molar-refractivity contribution >= 4 is 56.3 Å². The van der Waals surface area contributed by atoms with E-state index in [4.69, 9.17) is 13.9 Å². The summed E-state index contributed by atoms with van der Waals surface area (Å²) in [7, 11) is 1.54. The summed E-state index contributed by atoms with van der Waals surface area (Å²) in [6.07, 6.45) is -0.0136. The Morgan fingerprint density at radius 1 is 1.04 bits per heavy atom. The maximum Gasteiger partial charge on any atom is 0.289 e. The minimum Gasteiger partial charge on any atom is -0.493 e. The molecule has 10 nitrogen and oxygen atoms in total. The predicted molar refractivity (Wildman–Crippen MR) is 182 cm³/mol. The van der Waals surface area contributed by atoms with Crippen molar-refractivity contribution in [2.45, 2.75) is 31.1 Å². The monoisotopic (exact) mass is 735 g/mol. The SMILES string of the molecule is COc1cccc2cc(C(=O)N(CCc3cc4ccccc4[nH]3)[C@@H]3CC(C(=O)NCCO)=C[C@H](Oc4ccccc4I)[C@H]3O)oc12. The predicted octanol–water partition coefficient (Wildman–Crippen LogP) is 4.83. The molecule has 1 aliphatic rings. The molecular weight excluding hydrogens is 701 g/mol. The lowest BCUT2D eigenvalue weighted by molar-refractivity contribution is -0.118. The molecule has 0 bridgehead atoms. The number of aromatic amines is 1. The van der Waals surface area contributed by atoms with Crippen LogP contribution in [-0.2, 0) is 11.2 Å². The number of hydrogen-bond donors (Lipinski definition) is 4. The summed E-state index contributed by atoms with van der Waals surface area (Å²) in [4.78, 5) is 32.6. The largest absolute Gasteiger partial charge is 0.493 e. The lowest BCUT2D eigenvalue weighted by atomic mass is 9.87. The molecular formula is C35H34IN3O7. The lowest BCUT2D eigenvalue weighted by Crippen LogP contribution is -2.55. The Balaban J connectivity index is 1.38. The van der Waals surface area contributed by atoms with Crippen LogP contribution < -0.4 is 14.8 Å². The third-order valence-corrected chi connectivity index (χ3v) is 9.01. The number of halogens is 1. The van der Waals surface area contributed by atoms with Crippen molar-refractivity contribution in [3.8, 4) is 11.5 Å². The van der Waals surface area contributed by atoms with Crippen LogP contribution >= 0.6 is 22.6 Å². The Morgan fingerprint density at radius 2 is 1.80 bits per heavy atom. The molecule has 4 N–H and O–H groups in total. The van der Waals surface area contributed by atoms with Crippen molar-refractivity contribution in [3.63, 3.8) is 0 Å². The van der Waals surface area contributed by atoms with Crippen molar-refractivity contribution < 1.29 is 33.7 Å². The summed E-state index contributed by atoms with van der Waals surface area (Å²) in [6.45, 7) is 0.0515. The third-order valence-electron chi connectivity index (χ3n) is 8.12. The first-order valence-electron chi connectivity index (χ1n) is 15.0. The summed E-state index contributed by atoms with van der Waals surface area (Å²) in [5, 5.41) is 25.6. The Hall–Kier alpha value is -4.33. The number of amides is 2. The fraction of sp³-hybridized carbons (Fsp3) is 0.257. The van der Waals surface area contributed by atoms with E-state index in [1.54, 1.807) is 29.2 Å². The van der Waals surface area contributed by atoms with Crippen LogP contribution in [0.3, 0.4) is 0 Å². The van der Waals surface area contributed by atoms with Gasteiger partial charge in [-0.25, -0.2) is 0 Å². The molecule has 1 aliphatic carbocycles. The van der Waals surface area contributed by atoms with E-state index in [2.05, 4.69) is 32.9 Å². The number of benzene rings is 3. The summed E-state index contributed by atoms with van der Waals surface area (Å²) >= 11 is 2.15. The molecule has 238 valence electrons. The number of furan rings is 1. The van der Waals surface area contributed by atoms with Crippen LogP contribution in [0.15, 0.2) is 94.9 Å². The van der Waals surface area contributed by atoms with E-state index in [9.17, 15) is 19.8 Å². The van der Waals surface area contributed by atoms with Crippen molar-refractivity contribution in [3.05, 3.63) is 106 Å². The number of aromatic nitrogens is 1. The molecule has 46 heavy (non-hydrogen) atoms. The molecule has 2 heterocycles. The van der Waals surface area contributed by atoms with Gasteiger partial charge in [-0.1, -0.05) is 42.5 Å². The van der Waals surface area contributed by atoms with E-state index >= 15 is 0 Å². The van der Waals surface area contributed by atoms with Gasteiger partial charge in [0.05, 0.1) is 23.3 Å². The maximum atomic E-state index is 14.4. The number of methoxy groups -OCH3 is 1. The second-order valence-electron chi connectivity index (χ2n) is 11.1. The summed E-state index contributed by atoms with van der Waals surface area (Å²) in [6, 6.07) is 23.6. The van der Waals surface area contributed by atoms with E-state index in [0.717, 1.165) is 20.2 Å². The fourth-order valence-corrected chi connectivity index (χ4v) is 6.35. The number of nitrogens with zero attached hydrogens (tertiary/aromatic N) is 1. The normalized spacial score (nSPS) is 17.9. The average molecular weight is 736 g/mol. The third kappa shape index (κ3) is 6.62. The van der Waals surface area contributed by atoms with Crippen molar-refractivity contribution in [2.75, 3.05) is 26.8 Å². The number of aliphatic hydroxyl groups excluding tert-OH is 2. The Kier molecular flexibility index (Phi) is 9.61. The molecule has 0 saturated heterocycles. The summed E-state index contributed by atoms with van der Waals surface area (Å²) in [5.41, 5.74) is 2.68. The van der Waals surface area contributed by atoms with Crippen LogP contribution in [0.4, 0.5) is 0 Å². The number of carbonyl (C=O) groups excluding carboxylic acids is 2. The first-order chi connectivity index (χ1) is 22.4. The van der Waals surface area contributed by atoms with Crippen molar-refractivity contribution in [1.82, 2.24) is 15.2 Å². The molecule has 0 unspecified atom stereocenters. The van der Waals surface area contributed by atoms with Crippen LogP contribution in [0.2, 0.25) is 0 Å². The van der Waals surface area contributed by atoms with E-state index in [1.807, 2.05) is 60.7 Å². The standard InChI is InChI=1S/C35H34IN3O7/c1-44-29-12-6-8-22-19-31(46-33(22)29)35(43)39(15-13-24-17-21-7-2-4-10-26(21)38-24)27-18-23(34(42)37-14-16-40)20-30(32(27)41)45-28-11-5-3-9-25(28)36/h2-12,17,19-20,27,30,32,38,40-41H,13-16,18H2,1H3,(H,37,42)/t27-,30+,32+/m1/s1. The molecule has 5 aromatic rings. The highest BCUT2D eigenvalue weighted by atomic mass is 127. The number of carbonyl (C=O) groups is 2. The second kappa shape index (κ2) is 14.0. The minimum atomic E-state index is -1.18. The van der Waals surface area contributed by atoms with Gasteiger partial charge in [-0.15, -0.1) is 0 Å². The van der Waals surface area contributed by atoms with E-state index in [1.165, 1.54) is 7.11 Å². The number of ether oxygens (including phenoxy) is 2. The molecule has 6 rings (SSSR count). The number of para-hydroxylation sites is 3. The highest BCUT2D eigenvalue weighted by Crippen LogP contribution is 2.33. The van der Waals surface area contributed by atoms with Crippen molar-refractivity contribution in [1.29, 1.82) is 0 Å². The first-order valence-corrected chi connectivity index (χ1v) is 16.1. The zero-order valence-electron chi connectivity index (χ0n) is 25.1. The van der Waals surface area contributed by atoms with Gasteiger partial charge in [0, 0.05) is 48.1 Å². The molecule has 0 radical (unpaired) electrons. The second-order valence-corrected chi connectivity index (χ2v) is 12.2. The molecule has 3 atom stereocenters. The Morgan fingerprint density at radius 3 is 2.59 bits per heavy atom. The van der Waals surface area contributed by atoms with Gasteiger partial charge in [-0.05, 0) is 70.5 Å². The molecule has 2 amide bonds. The van der Waals surface area contributed by atoms with E-state index < -0.39 is 30.1 Å². The lowest BCUT2D eigenvalue weighted by Gasteiger charge is -2.40. The van der Waals surface area contributed by atoms with Gasteiger partial charge in [0.25, 0.3) is 5.91 Å². The topological polar surface area (TPSA) is 137 Å². The summed E-state index contributed by atoms with van der Waals surface area (Å²) in [5.74, 6) is 0.275. The van der Waals surface area contributed by atoms with Gasteiger partial charge >= 0.3 is 0 Å². The fourth-order valence-electron chi connectivity index (χ4n) is 5.84. The van der Waals surface area contributed by atoms with Gasteiger partial charge in [0.15, 0.2) is 17.1 Å². The Bertz CT molecular complexity index is 1860. The van der Waals surface area contributed by atoms with Gasteiger partial charge in [-0.3, -0.25) is 9.59 Å². The number of H-pyrrole nitrogens is 1. The highest BCUT2D eigenvalue weighted by molar-refractivity contribution is 14.1. The van der Waals surface area contributed by atoms with Gasteiger partial charge in [0.2, 0.25) is 5.91 Å². The van der Waals surface area contributed by atoms with Crippen LogP contribution in [0, 0.1) is 3.57 Å². The number of rotatable bonds is 11. The zero-order valence-corrected chi connectivity index (χ0v) is 27.3. The molecule has 11 heteroatoms.